The van der Waals surface area contributed by atoms with Crippen molar-refractivity contribution in [2.24, 2.45) is 0 Å². The Morgan fingerprint density at radius 3 is 2.24 bits per heavy atom. The molecule has 4 amide bonds. The van der Waals surface area contributed by atoms with E-state index in [9.17, 15) is 27.6 Å². The van der Waals surface area contributed by atoms with Crippen LogP contribution in [-0.2, 0) is 24.4 Å². The molecule has 0 spiro atoms. The lowest BCUT2D eigenvalue weighted by molar-refractivity contribution is -0.122. The molecule has 4 rings (SSSR count). The van der Waals surface area contributed by atoms with Crippen molar-refractivity contribution in [1.29, 1.82) is 0 Å². The van der Waals surface area contributed by atoms with Crippen molar-refractivity contribution >= 4 is 57.3 Å². The zero-order valence-electron chi connectivity index (χ0n) is 19.9. The van der Waals surface area contributed by atoms with Gasteiger partial charge in [-0.2, -0.15) is 8.42 Å². The Hall–Kier alpha value is -4.48. The number of carbonyl (C=O) groups excluding carboxylic acids is 4. The number of barbiturate groups is 1. The van der Waals surface area contributed by atoms with E-state index in [1.807, 2.05) is 6.92 Å². The molecule has 0 unspecified atom stereocenters. The van der Waals surface area contributed by atoms with Crippen molar-refractivity contribution in [3.63, 3.8) is 0 Å². The van der Waals surface area contributed by atoms with Crippen LogP contribution in [0.2, 0.25) is 5.02 Å². The number of nitrogens with zero attached hydrogens (tertiary/aromatic N) is 1. The van der Waals surface area contributed by atoms with Crippen LogP contribution in [0.5, 0.6) is 5.75 Å². The van der Waals surface area contributed by atoms with Gasteiger partial charge in [-0.05, 0) is 67.1 Å². The molecule has 0 atom stereocenters. The molecular formula is C26H19ClN2O8S. The minimum atomic E-state index is -4.16. The van der Waals surface area contributed by atoms with E-state index < -0.39 is 33.9 Å². The third-order valence-electron chi connectivity index (χ3n) is 5.42. The zero-order chi connectivity index (χ0) is 27.6. The predicted octanol–water partition coefficient (Wildman–Crippen LogP) is 3.87. The number of benzene rings is 3. The number of imide groups is 2. The number of ether oxygens (including phenoxy) is 1. The summed E-state index contributed by atoms with van der Waals surface area (Å²) in [4.78, 5) is 50.3. The quantitative estimate of drug-likeness (QED) is 0.210. The molecule has 0 saturated carbocycles. The Morgan fingerprint density at radius 1 is 0.974 bits per heavy atom. The summed E-state index contributed by atoms with van der Waals surface area (Å²) < 4.78 is 34.9. The highest BCUT2D eigenvalue weighted by Gasteiger charge is 2.37. The number of carbonyl (C=O) groups is 4. The van der Waals surface area contributed by atoms with Crippen molar-refractivity contribution in [3.05, 3.63) is 94.0 Å². The van der Waals surface area contributed by atoms with Crippen LogP contribution < -0.4 is 14.4 Å². The Labute approximate surface area is 222 Å². The van der Waals surface area contributed by atoms with Gasteiger partial charge >= 0.3 is 22.1 Å². The van der Waals surface area contributed by atoms with Crippen LogP contribution in [0.4, 0.5) is 10.5 Å². The molecule has 3 aromatic carbocycles. The summed E-state index contributed by atoms with van der Waals surface area (Å²) in [5.74, 6) is -2.60. The van der Waals surface area contributed by atoms with Crippen LogP contribution >= 0.6 is 11.6 Å². The van der Waals surface area contributed by atoms with Crippen LogP contribution in [0.25, 0.3) is 6.08 Å². The van der Waals surface area contributed by atoms with Gasteiger partial charge in [-0.3, -0.25) is 14.9 Å². The summed E-state index contributed by atoms with van der Waals surface area (Å²) in [5, 5.41) is 1.99. The molecule has 194 valence electrons. The number of halogens is 1. The first kappa shape index (κ1) is 26.6. The zero-order valence-corrected chi connectivity index (χ0v) is 21.5. The van der Waals surface area contributed by atoms with E-state index in [2.05, 4.69) is 10.1 Å². The number of urea groups is 1. The smallest absolute Gasteiger partial charge is 0.339 e. The lowest BCUT2D eigenvalue weighted by Gasteiger charge is -2.26. The Balaban J connectivity index is 1.60. The fourth-order valence-corrected chi connectivity index (χ4v) is 4.69. The number of nitrogens with one attached hydrogen (secondary N) is 1. The number of hydrogen-bond acceptors (Lipinski definition) is 8. The first-order chi connectivity index (χ1) is 18.0. The number of amides is 4. The summed E-state index contributed by atoms with van der Waals surface area (Å²) >= 11 is 6.23. The third kappa shape index (κ3) is 5.43. The second-order valence-electron chi connectivity index (χ2n) is 8.04. The van der Waals surface area contributed by atoms with Gasteiger partial charge in [0.25, 0.3) is 11.8 Å². The topological polar surface area (TPSA) is 136 Å². The van der Waals surface area contributed by atoms with E-state index in [0.717, 1.165) is 10.5 Å². The van der Waals surface area contributed by atoms with E-state index in [-0.39, 0.29) is 38.1 Å². The van der Waals surface area contributed by atoms with Crippen molar-refractivity contribution < 1.29 is 36.5 Å². The Morgan fingerprint density at radius 2 is 1.63 bits per heavy atom. The van der Waals surface area contributed by atoms with Crippen LogP contribution in [0.1, 0.15) is 21.5 Å². The Kier molecular flexibility index (Phi) is 7.33. The molecule has 1 saturated heterocycles. The molecular weight excluding hydrogens is 536 g/mol. The largest absolute Gasteiger partial charge is 0.465 e. The van der Waals surface area contributed by atoms with Gasteiger partial charge in [0.1, 0.15) is 10.5 Å². The molecule has 12 heteroatoms. The van der Waals surface area contributed by atoms with Gasteiger partial charge in [0.05, 0.1) is 23.4 Å². The van der Waals surface area contributed by atoms with E-state index >= 15 is 0 Å². The van der Waals surface area contributed by atoms with Crippen LogP contribution in [0.3, 0.4) is 0 Å². The van der Waals surface area contributed by atoms with Gasteiger partial charge < -0.3 is 8.92 Å². The summed E-state index contributed by atoms with van der Waals surface area (Å²) in [5.41, 5.74) is 1.08. The minimum absolute atomic E-state index is 0.0563. The molecule has 1 aliphatic rings. The fourth-order valence-electron chi connectivity index (χ4n) is 3.47. The van der Waals surface area contributed by atoms with Crippen molar-refractivity contribution in [3.8, 4) is 5.75 Å². The summed E-state index contributed by atoms with van der Waals surface area (Å²) in [6, 6.07) is 14.5. The molecule has 0 bridgehead atoms. The van der Waals surface area contributed by atoms with Crippen LogP contribution in [-0.4, -0.2) is 39.3 Å². The number of anilines is 1. The summed E-state index contributed by atoms with van der Waals surface area (Å²) in [6.45, 7) is 1.81. The maximum atomic E-state index is 13.1. The SMILES string of the molecule is COC(=O)c1ccc(N2C(=O)NC(=O)/C(=C\c3ccc(OS(=O)(=O)c4ccc(C)cc4)c(Cl)c3)C2=O)cc1. The second-order valence-corrected chi connectivity index (χ2v) is 9.99. The second kappa shape index (κ2) is 10.5. The summed E-state index contributed by atoms with van der Waals surface area (Å²) in [7, 11) is -2.94. The van der Waals surface area contributed by atoms with Gasteiger partial charge in [0, 0.05) is 0 Å². The standard InChI is InChI=1S/C26H19ClN2O8S/c1-15-3-10-19(11-4-15)38(34,35)37-22-12-5-16(14-21(22)27)13-20-23(30)28-26(33)29(24(20)31)18-8-6-17(7-9-18)25(32)36-2/h3-14H,1-2H3,(H,28,30,33)/b20-13+. The monoisotopic (exact) mass is 554 g/mol. The molecule has 0 radical (unpaired) electrons. The number of rotatable bonds is 6. The van der Waals surface area contributed by atoms with Gasteiger partial charge in [-0.1, -0.05) is 35.4 Å². The predicted molar refractivity (Wildman–Crippen MR) is 137 cm³/mol. The first-order valence-corrected chi connectivity index (χ1v) is 12.7. The molecule has 0 aliphatic carbocycles. The van der Waals surface area contributed by atoms with Crippen molar-refractivity contribution in [2.45, 2.75) is 11.8 Å². The fraction of sp³-hybridized carbons (Fsp3) is 0.0769. The third-order valence-corrected chi connectivity index (χ3v) is 6.97. The molecule has 10 nitrogen and oxygen atoms in total. The molecule has 0 aromatic heterocycles. The maximum absolute atomic E-state index is 13.1. The van der Waals surface area contributed by atoms with E-state index in [1.165, 1.54) is 67.8 Å². The number of aryl methyl sites for hydroxylation is 1. The van der Waals surface area contributed by atoms with Crippen molar-refractivity contribution in [2.75, 3.05) is 12.0 Å². The van der Waals surface area contributed by atoms with Crippen LogP contribution in [0, 0.1) is 6.92 Å². The first-order valence-electron chi connectivity index (χ1n) is 10.9. The molecule has 1 N–H and O–H groups in total. The van der Waals surface area contributed by atoms with E-state index in [4.69, 9.17) is 15.8 Å². The van der Waals surface area contributed by atoms with Gasteiger partial charge in [0.15, 0.2) is 5.75 Å². The number of esters is 1. The maximum Gasteiger partial charge on any atom is 0.339 e. The molecule has 38 heavy (non-hydrogen) atoms. The molecule has 1 fully saturated rings. The lowest BCUT2D eigenvalue weighted by Crippen LogP contribution is -2.54. The van der Waals surface area contributed by atoms with E-state index in [1.54, 1.807) is 12.1 Å². The van der Waals surface area contributed by atoms with Crippen LogP contribution in [0.15, 0.2) is 77.2 Å². The number of methoxy groups -OCH3 is 1. The minimum Gasteiger partial charge on any atom is -0.465 e. The van der Waals surface area contributed by atoms with Crippen molar-refractivity contribution in [1.82, 2.24) is 5.32 Å². The highest BCUT2D eigenvalue weighted by atomic mass is 35.5. The summed E-state index contributed by atoms with van der Waals surface area (Å²) in [6.07, 6.45) is 1.20. The van der Waals surface area contributed by atoms with Gasteiger partial charge in [0.2, 0.25) is 0 Å². The van der Waals surface area contributed by atoms with E-state index in [0.29, 0.717) is 0 Å². The lowest BCUT2D eigenvalue weighted by atomic mass is 10.1. The highest BCUT2D eigenvalue weighted by molar-refractivity contribution is 7.87. The van der Waals surface area contributed by atoms with Gasteiger partial charge in [-0.15, -0.1) is 0 Å². The number of hydrogen-bond donors (Lipinski definition) is 1. The molecule has 3 aromatic rings. The average Bonchev–Trinajstić information content (AvgIpc) is 2.88. The molecule has 1 aliphatic heterocycles. The van der Waals surface area contributed by atoms with Gasteiger partial charge in [-0.25, -0.2) is 14.5 Å². The average molecular weight is 555 g/mol. The highest BCUT2D eigenvalue weighted by Crippen LogP contribution is 2.30. The molecule has 1 heterocycles. The normalized spacial score (nSPS) is 14.9. The Bertz CT molecular complexity index is 1600.